The Hall–Kier alpha value is -1.09. The first-order valence-corrected chi connectivity index (χ1v) is 4.72. The summed E-state index contributed by atoms with van der Waals surface area (Å²) in [6.45, 7) is 3.97. The molecule has 0 unspecified atom stereocenters. The van der Waals surface area contributed by atoms with Gasteiger partial charge < -0.3 is 10.5 Å². The van der Waals surface area contributed by atoms with Gasteiger partial charge in [0, 0.05) is 18.0 Å². The second-order valence-corrected chi connectivity index (χ2v) is 4.35. The van der Waals surface area contributed by atoms with Crippen molar-refractivity contribution in [3.63, 3.8) is 0 Å². The number of ether oxygens (including phenoxy) is 1. The van der Waals surface area contributed by atoms with Crippen LogP contribution in [0, 0.1) is 5.82 Å². The molecule has 0 fully saturated rings. The van der Waals surface area contributed by atoms with Crippen LogP contribution >= 0.6 is 0 Å². The summed E-state index contributed by atoms with van der Waals surface area (Å²) >= 11 is 0. The van der Waals surface area contributed by atoms with Crippen LogP contribution in [0.3, 0.4) is 0 Å². The summed E-state index contributed by atoms with van der Waals surface area (Å²) in [6.07, 6.45) is 0.712. The molecule has 1 atom stereocenters. The molecule has 0 amide bonds. The largest absolute Gasteiger partial charge is 0.487 e. The fourth-order valence-corrected chi connectivity index (χ4v) is 1.88. The van der Waals surface area contributed by atoms with E-state index in [1.165, 1.54) is 12.1 Å². The number of fused-ring (bicyclic) bond motifs is 1. The molecule has 0 bridgehead atoms. The SMILES string of the molecule is CC1(C)C[C@@H](N)c2cc(F)ccc2O1. The maximum Gasteiger partial charge on any atom is 0.125 e. The first kappa shape index (κ1) is 9.46. The number of benzene rings is 1. The highest BCUT2D eigenvalue weighted by molar-refractivity contribution is 5.38. The van der Waals surface area contributed by atoms with Gasteiger partial charge in [-0.2, -0.15) is 0 Å². The monoisotopic (exact) mass is 195 g/mol. The van der Waals surface area contributed by atoms with Crippen LogP contribution in [0.15, 0.2) is 18.2 Å². The lowest BCUT2D eigenvalue weighted by molar-refractivity contribution is 0.0726. The van der Waals surface area contributed by atoms with Gasteiger partial charge in [0.15, 0.2) is 0 Å². The van der Waals surface area contributed by atoms with E-state index in [1.807, 2.05) is 13.8 Å². The highest BCUT2D eigenvalue weighted by Crippen LogP contribution is 2.38. The van der Waals surface area contributed by atoms with E-state index in [9.17, 15) is 4.39 Å². The summed E-state index contributed by atoms with van der Waals surface area (Å²) in [5, 5.41) is 0. The lowest BCUT2D eigenvalue weighted by Crippen LogP contribution is -2.37. The standard InChI is InChI=1S/C11H14FNO/c1-11(2)6-9(13)8-5-7(12)3-4-10(8)14-11/h3-5,9H,6,13H2,1-2H3/t9-/m1/s1. The third-order valence-corrected chi connectivity index (χ3v) is 2.47. The van der Waals surface area contributed by atoms with Gasteiger partial charge >= 0.3 is 0 Å². The second-order valence-electron chi connectivity index (χ2n) is 4.35. The summed E-state index contributed by atoms with van der Waals surface area (Å²) in [5.74, 6) is 0.442. The molecule has 2 rings (SSSR count). The topological polar surface area (TPSA) is 35.2 Å². The fourth-order valence-electron chi connectivity index (χ4n) is 1.88. The lowest BCUT2D eigenvalue weighted by Gasteiger charge is -2.36. The molecule has 1 heterocycles. The van der Waals surface area contributed by atoms with Gasteiger partial charge in [0.1, 0.15) is 17.2 Å². The number of nitrogens with two attached hydrogens (primary N) is 1. The molecule has 2 nitrogen and oxygen atoms in total. The number of hydrogen-bond donors (Lipinski definition) is 1. The average molecular weight is 195 g/mol. The summed E-state index contributed by atoms with van der Waals surface area (Å²) in [7, 11) is 0. The van der Waals surface area contributed by atoms with Crippen molar-refractivity contribution in [3.05, 3.63) is 29.6 Å². The molecule has 1 aliphatic heterocycles. The van der Waals surface area contributed by atoms with Crippen molar-refractivity contribution in [2.75, 3.05) is 0 Å². The minimum atomic E-state index is -0.262. The molecule has 2 N–H and O–H groups in total. The third kappa shape index (κ3) is 1.60. The van der Waals surface area contributed by atoms with Crippen molar-refractivity contribution in [1.29, 1.82) is 0 Å². The molecule has 0 saturated heterocycles. The zero-order valence-corrected chi connectivity index (χ0v) is 8.38. The average Bonchev–Trinajstić information content (AvgIpc) is 2.05. The van der Waals surface area contributed by atoms with E-state index in [0.29, 0.717) is 12.2 Å². The highest BCUT2D eigenvalue weighted by Gasteiger charge is 2.31. The Morgan fingerprint density at radius 1 is 1.50 bits per heavy atom. The van der Waals surface area contributed by atoms with Crippen LogP contribution in [-0.4, -0.2) is 5.60 Å². The third-order valence-electron chi connectivity index (χ3n) is 2.47. The molecule has 0 aliphatic carbocycles. The number of halogens is 1. The van der Waals surface area contributed by atoms with Crippen LogP contribution < -0.4 is 10.5 Å². The highest BCUT2D eigenvalue weighted by atomic mass is 19.1. The van der Waals surface area contributed by atoms with E-state index in [0.717, 1.165) is 5.56 Å². The maximum absolute atomic E-state index is 12.9. The van der Waals surface area contributed by atoms with Crippen molar-refractivity contribution in [2.24, 2.45) is 5.73 Å². The first-order chi connectivity index (χ1) is 6.48. The zero-order valence-electron chi connectivity index (χ0n) is 8.38. The van der Waals surface area contributed by atoms with Gasteiger partial charge in [-0.3, -0.25) is 0 Å². The van der Waals surface area contributed by atoms with Crippen LogP contribution in [0.25, 0.3) is 0 Å². The summed E-state index contributed by atoms with van der Waals surface area (Å²) in [4.78, 5) is 0. The zero-order chi connectivity index (χ0) is 10.3. The summed E-state index contributed by atoms with van der Waals surface area (Å²) < 4.78 is 18.6. The molecule has 1 aliphatic rings. The molecule has 1 aromatic carbocycles. The van der Waals surface area contributed by atoms with Crippen molar-refractivity contribution < 1.29 is 9.13 Å². The molecule has 76 valence electrons. The van der Waals surface area contributed by atoms with E-state index in [4.69, 9.17) is 10.5 Å². The molecule has 0 saturated carbocycles. The van der Waals surface area contributed by atoms with Crippen molar-refractivity contribution >= 4 is 0 Å². The first-order valence-electron chi connectivity index (χ1n) is 4.72. The smallest absolute Gasteiger partial charge is 0.125 e. The normalized spacial score (nSPS) is 23.9. The quantitative estimate of drug-likeness (QED) is 0.689. The molecular formula is C11H14FNO. The van der Waals surface area contributed by atoms with Gasteiger partial charge in [-0.25, -0.2) is 4.39 Å². The Labute approximate surface area is 82.9 Å². The van der Waals surface area contributed by atoms with Gasteiger partial charge in [-0.05, 0) is 32.0 Å². The molecule has 14 heavy (non-hydrogen) atoms. The van der Waals surface area contributed by atoms with E-state index >= 15 is 0 Å². The van der Waals surface area contributed by atoms with Crippen LogP contribution in [0.1, 0.15) is 31.9 Å². The minimum Gasteiger partial charge on any atom is -0.487 e. The predicted octanol–water partition coefficient (Wildman–Crippen LogP) is 2.39. The summed E-state index contributed by atoms with van der Waals surface area (Å²) in [6, 6.07) is 4.36. The number of rotatable bonds is 0. The van der Waals surface area contributed by atoms with Crippen molar-refractivity contribution in [3.8, 4) is 5.75 Å². The second kappa shape index (κ2) is 2.95. The Bertz CT molecular complexity index is 362. The van der Waals surface area contributed by atoms with E-state index < -0.39 is 0 Å². The Balaban J connectivity index is 2.45. The maximum atomic E-state index is 12.9. The van der Waals surface area contributed by atoms with Gasteiger partial charge in [-0.15, -0.1) is 0 Å². The van der Waals surface area contributed by atoms with Gasteiger partial charge in [0.25, 0.3) is 0 Å². The van der Waals surface area contributed by atoms with E-state index in [2.05, 4.69) is 0 Å². The van der Waals surface area contributed by atoms with Gasteiger partial charge in [0.05, 0.1) is 0 Å². The van der Waals surface area contributed by atoms with Crippen LogP contribution in [-0.2, 0) is 0 Å². The van der Waals surface area contributed by atoms with Crippen molar-refractivity contribution in [1.82, 2.24) is 0 Å². The Kier molecular flexibility index (Phi) is 2.00. The molecular weight excluding hydrogens is 181 g/mol. The summed E-state index contributed by atoms with van der Waals surface area (Å²) in [5.41, 5.74) is 6.45. The van der Waals surface area contributed by atoms with E-state index in [1.54, 1.807) is 6.07 Å². The molecule has 1 aromatic rings. The number of hydrogen-bond acceptors (Lipinski definition) is 2. The molecule has 0 radical (unpaired) electrons. The van der Waals surface area contributed by atoms with Gasteiger partial charge in [-0.1, -0.05) is 0 Å². The molecule has 0 spiro atoms. The molecule has 3 heteroatoms. The van der Waals surface area contributed by atoms with E-state index in [-0.39, 0.29) is 17.5 Å². The van der Waals surface area contributed by atoms with Crippen molar-refractivity contribution in [2.45, 2.75) is 31.9 Å². The lowest BCUT2D eigenvalue weighted by atomic mass is 9.90. The van der Waals surface area contributed by atoms with Crippen LogP contribution in [0.2, 0.25) is 0 Å². The Morgan fingerprint density at radius 3 is 2.93 bits per heavy atom. The predicted molar refractivity (Wildman–Crippen MR) is 52.7 cm³/mol. The van der Waals surface area contributed by atoms with Crippen LogP contribution in [0.5, 0.6) is 5.75 Å². The van der Waals surface area contributed by atoms with Crippen LogP contribution in [0.4, 0.5) is 4.39 Å². The molecule has 0 aromatic heterocycles. The Morgan fingerprint density at radius 2 is 2.21 bits per heavy atom. The minimum absolute atomic E-state index is 0.135. The fraction of sp³-hybridized carbons (Fsp3) is 0.455. The van der Waals surface area contributed by atoms with Gasteiger partial charge in [0.2, 0.25) is 0 Å².